The van der Waals surface area contributed by atoms with Gasteiger partial charge in [-0.15, -0.1) is 30.6 Å². The monoisotopic (exact) mass is 1410 g/mol. The largest absolute Gasteiger partial charge is 0.421 e. The maximum Gasteiger partial charge on any atom is 0.248 e. The molecule has 0 saturated carbocycles. The summed E-state index contributed by atoms with van der Waals surface area (Å²) in [4.78, 5) is 0. The molecule has 0 bridgehead atoms. The van der Waals surface area contributed by atoms with Crippen LogP contribution in [0.5, 0.6) is 0 Å². The van der Waals surface area contributed by atoms with Crippen LogP contribution in [0.2, 0.25) is 0 Å². The van der Waals surface area contributed by atoms with Crippen molar-refractivity contribution in [3.63, 3.8) is 0 Å². The van der Waals surface area contributed by atoms with Crippen LogP contribution >= 0.6 is 0 Å². The molecule has 9 nitrogen and oxygen atoms in total. The van der Waals surface area contributed by atoms with E-state index in [1.165, 1.54) is 197 Å². The number of aryl methyl sites for hydroxylation is 2. The second-order valence-corrected chi connectivity index (χ2v) is 31.9. The molecular formula is C98H104N6O3. The van der Waals surface area contributed by atoms with Crippen LogP contribution in [0.4, 0.5) is 0 Å². The summed E-state index contributed by atoms with van der Waals surface area (Å²) >= 11 is 0. The summed E-state index contributed by atoms with van der Waals surface area (Å²) in [6.45, 7) is 23.1. The Kier molecular flexibility index (Phi) is 20.3. The van der Waals surface area contributed by atoms with Crippen molar-refractivity contribution in [1.82, 2.24) is 30.6 Å². The van der Waals surface area contributed by atoms with Gasteiger partial charge in [0.2, 0.25) is 35.3 Å². The fraction of sp³-hybridized carbons (Fsp3) is 0.367. The molecule has 9 heteroatoms. The highest BCUT2D eigenvalue weighted by Gasteiger charge is 2.48. The van der Waals surface area contributed by atoms with Crippen LogP contribution in [-0.4, -0.2) is 30.6 Å². The van der Waals surface area contributed by atoms with Gasteiger partial charge in [-0.05, 0) is 227 Å². The highest BCUT2D eigenvalue weighted by atomic mass is 16.4. The van der Waals surface area contributed by atoms with Crippen LogP contribution in [-0.2, 0) is 10.8 Å². The number of unbranched alkanes of at least 4 members (excludes halogenated alkanes) is 4. The lowest BCUT2D eigenvalue weighted by Crippen LogP contribution is -2.31. The predicted octanol–water partition coefficient (Wildman–Crippen LogP) is 28.1. The van der Waals surface area contributed by atoms with E-state index < -0.39 is 0 Å². The van der Waals surface area contributed by atoms with Crippen molar-refractivity contribution in [1.29, 1.82) is 0 Å². The van der Waals surface area contributed by atoms with Crippen molar-refractivity contribution in [3.05, 3.63) is 216 Å². The molecule has 544 valence electrons. The van der Waals surface area contributed by atoms with Crippen LogP contribution in [0.15, 0.2) is 195 Å². The van der Waals surface area contributed by atoms with Crippen LogP contribution in [0.25, 0.3) is 145 Å². The van der Waals surface area contributed by atoms with E-state index in [1.807, 2.05) is 6.92 Å². The number of hydrogen-bond acceptors (Lipinski definition) is 9. The van der Waals surface area contributed by atoms with Gasteiger partial charge < -0.3 is 13.3 Å². The van der Waals surface area contributed by atoms with E-state index >= 15 is 0 Å². The number of benzene rings is 11. The second-order valence-electron chi connectivity index (χ2n) is 31.9. The van der Waals surface area contributed by atoms with Crippen molar-refractivity contribution in [2.45, 2.75) is 208 Å². The zero-order chi connectivity index (χ0) is 73.5. The Morgan fingerprint density at radius 2 is 0.579 bits per heavy atom. The van der Waals surface area contributed by atoms with Crippen LogP contribution in [0.3, 0.4) is 0 Å². The lowest BCUT2D eigenvalue weighted by Gasteiger charge is -2.39. The molecule has 0 spiro atoms. The van der Waals surface area contributed by atoms with Gasteiger partial charge in [-0.25, -0.2) is 0 Å². The van der Waals surface area contributed by atoms with Crippen molar-refractivity contribution >= 4 is 43.1 Å². The second kappa shape index (κ2) is 30.4. The van der Waals surface area contributed by atoms with E-state index in [2.05, 4.69) is 255 Å². The molecule has 3 aromatic heterocycles. The average Bonchev–Trinajstić information content (AvgIpc) is 1.11. The van der Waals surface area contributed by atoms with Crippen molar-refractivity contribution in [3.8, 4) is 102 Å². The maximum atomic E-state index is 6.98. The minimum Gasteiger partial charge on any atom is -0.421 e. The maximum absolute atomic E-state index is 6.98. The predicted molar refractivity (Wildman–Crippen MR) is 443 cm³/mol. The number of aromatic nitrogens is 6. The molecule has 2 aliphatic rings. The smallest absolute Gasteiger partial charge is 0.248 e. The molecule has 3 heterocycles. The molecule has 0 aliphatic heterocycles. The van der Waals surface area contributed by atoms with Crippen molar-refractivity contribution < 1.29 is 13.3 Å². The summed E-state index contributed by atoms with van der Waals surface area (Å²) in [7, 11) is 0. The first-order valence-electron chi connectivity index (χ1n) is 40.8. The minimum atomic E-state index is -0.314. The highest BCUT2D eigenvalue weighted by Crippen LogP contribution is 2.60. The van der Waals surface area contributed by atoms with E-state index in [0.717, 1.165) is 75.0 Å². The van der Waals surface area contributed by atoms with Gasteiger partial charge in [0.25, 0.3) is 0 Å². The molecule has 4 unspecified atom stereocenters. The Morgan fingerprint density at radius 1 is 0.280 bits per heavy atom. The Morgan fingerprint density at radius 3 is 0.963 bits per heavy atom. The molecule has 0 fully saturated rings. The highest BCUT2D eigenvalue weighted by molar-refractivity contribution is 6.35. The Labute approximate surface area is 632 Å². The number of fused-ring (bicyclic) bond motifs is 8. The summed E-state index contributed by atoms with van der Waals surface area (Å²) in [5, 5.41) is 37.3. The van der Waals surface area contributed by atoms with Gasteiger partial charge in [-0.1, -0.05) is 285 Å². The summed E-state index contributed by atoms with van der Waals surface area (Å²) in [5.74, 6) is 5.43. The van der Waals surface area contributed by atoms with Crippen LogP contribution in [0, 0.1) is 37.5 Å². The topological polar surface area (TPSA) is 117 Å². The molecule has 14 aromatic rings. The molecule has 2 aliphatic carbocycles. The zero-order valence-corrected chi connectivity index (χ0v) is 64.7. The molecule has 16 rings (SSSR count). The average molecular weight is 1410 g/mol. The first kappa shape index (κ1) is 71.4. The normalized spacial score (nSPS) is 16.4. The molecule has 11 aromatic carbocycles. The van der Waals surface area contributed by atoms with Gasteiger partial charge in [0.1, 0.15) is 0 Å². The summed E-state index contributed by atoms with van der Waals surface area (Å²) in [6.07, 6.45) is 23.7. The molecule has 0 N–H and O–H groups in total. The first-order chi connectivity index (χ1) is 52.4. The fourth-order valence-electron chi connectivity index (χ4n) is 19.4. The standard InChI is InChI=1S/C98H104N6O3/c1-11-19-25-63(15-5)57-97(58-64(16-6)26-20-12-2)86-53-70(67-35-33-61(9)34-36-67)41-45-74(86)75-46-42-71(54-87(75)97)68-37-39-69(40-38-68)92-100-101-93(106-92)72-43-47-76-77-48-44-73(56-89(77)98(88(76)55-72,59-65(17-7)27-21-13-3)60-66(18-8)28-22-14-4)94-102-104-96(107-94)85-52-50-83-78-29-23-31-80-84(95-103-99-62(10)105-95)51-49-82(90(78)80)79-30-24-32-81(85)91(79)83/h23-24,29-56,63-66H,11-22,25-28,57-60H2,1-10H3. The molecule has 0 amide bonds. The third kappa shape index (κ3) is 13.1. The quantitative estimate of drug-likeness (QED) is 0.0309. The molecule has 0 radical (unpaired) electrons. The van der Waals surface area contributed by atoms with Gasteiger partial charge >= 0.3 is 0 Å². The number of nitrogens with zero attached hydrogens (tertiary/aromatic N) is 6. The van der Waals surface area contributed by atoms with Gasteiger partial charge in [0, 0.05) is 45.6 Å². The van der Waals surface area contributed by atoms with E-state index in [9.17, 15) is 0 Å². The Hall–Kier alpha value is -9.86. The summed E-state index contributed by atoms with van der Waals surface area (Å²) in [5.41, 5.74) is 21.7. The molecule has 4 atom stereocenters. The third-order valence-electron chi connectivity index (χ3n) is 25.3. The third-order valence-corrected chi connectivity index (χ3v) is 25.3. The Bertz CT molecular complexity index is 5440. The van der Waals surface area contributed by atoms with Gasteiger partial charge in [-0.2, -0.15) is 0 Å². The van der Waals surface area contributed by atoms with Crippen LogP contribution in [0.1, 0.15) is 218 Å². The van der Waals surface area contributed by atoms with E-state index in [4.69, 9.17) is 33.6 Å². The summed E-state index contributed by atoms with van der Waals surface area (Å²) in [6, 6.07) is 68.7. The number of hydrogen-bond donors (Lipinski definition) is 0. The number of rotatable bonds is 31. The molecular weight excluding hydrogens is 1310 g/mol. The zero-order valence-electron chi connectivity index (χ0n) is 64.7. The van der Waals surface area contributed by atoms with E-state index in [-0.39, 0.29) is 10.8 Å². The van der Waals surface area contributed by atoms with E-state index in [1.54, 1.807) is 0 Å². The van der Waals surface area contributed by atoms with Crippen molar-refractivity contribution in [2.24, 2.45) is 23.7 Å². The van der Waals surface area contributed by atoms with Crippen molar-refractivity contribution in [2.75, 3.05) is 0 Å². The Balaban J connectivity index is 0.741. The fourth-order valence-corrected chi connectivity index (χ4v) is 19.4. The molecule has 0 saturated heterocycles. The lowest BCUT2D eigenvalue weighted by atomic mass is 9.64. The van der Waals surface area contributed by atoms with Gasteiger partial charge in [0.15, 0.2) is 0 Å². The lowest BCUT2D eigenvalue weighted by molar-refractivity contribution is 0.266. The van der Waals surface area contributed by atoms with E-state index in [0.29, 0.717) is 59.0 Å². The summed E-state index contributed by atoms with van der Waals surface area (Å²) < 4.78 is 19.9. The minimum absolute atomic E-state index is 0.106. The first-order valence-corrected chi connectivity index (χ1v) is 40.8. The van der Waals surface area contributed by atoms with Crippen LogP contribution < -0.4 is 0 Å². The SMILES string of the molecule is CCCCC(CC)CC1(CC(CC)CCCC)c2cc(-c3ccc(C)cc3)ccc2-c2ccc(-c3ccc(-c4nnc(-c5ccc6c(c5)C(CC(CC)CCCC)(CC(CC)CCCC)c5cc(-c7nnc(-c8ccc9c%10cccc%11c(-c%12nnc(C)o%12)ccc(c%12cccc8c%129)c%11%10)o7)ccc5-6)o4)cc3)cc21. The van der Waals surface area contributed by atoms with Gasteiger partial charge in [-0.3, -0.25) is 0 Å². The van der Waals surface area contributed by atoms with Gasteiger partial charge in [0.05, 0.1) is 0 Å². The molecule has 107 heavy (non-hydrogen) atoms.